The maximum absolute atomic E-state index is 5.95. The largest absolute Gasteiger partial charge is 0.493 e. The summed E-state index contributed by atoms with van der Waals surface area (Å²) < 4.78 is 5.95. The highest BCUT2D eigenvalue weighted by Crippen LogP contribution is 2.30. The molecule has 0 spiro atoms. The van der Waals surface area contributed by atoms with Gasteiger partial charge in [-0.05, 0) is 37.7 Å². The molecule has 2 rings (SSSR count). The van der Waals surface area contributed by atoms with Gasteiger partial charge in [0, 0.05) is 25.2 Å². The Labute approximate surface area is 134 Å². The van der Waals surface area contributed by atoms with Crippen LogP contribution in [0.1, 0.15) is 39.2 Å². The van der Waals surface area contributed by atoms with Gasteiger partial charge in [-0.2, -0.15) is 0 Å². The summed E-state index contributed by atoms with van der Waals surface area (Å²) in [5.74, 6) is 3.14. The van der Waals surface area contributed by atoms with E-state index in [9.17, 15) is 0 Å². The van der Waals surface area contributed by atoms with Crippen LogP contribution in [0.15, 0.2) is 29.3 Å². The SMILES string of the molecule is CN=C(NCc1ccccc1OCC1CC1)NC(C)C(C)C. The molecule has 0 bridgehead atoms. The molecule has 122 valence electrons. The zero-order valence-corrected chi connectivity index (χ0v) is 14.2. The van der Waals surface area contributed by atoms with Crippen molar-refractivity contribution in [1.29, 1.82) is 0 Å². The van der Waals surface area contributed by atoms with Gasteiger partial charge in [-0.25, -0.2) is 0 Å². The van der Waals surface area contributed by atoms with Crippen LogP contribution in [-0.4, -0.2) is 25.7 Å². The minimum absolute atomic E-state index is 0.382. The van der Waals surface area contributed by atoms with Crippen molar-refractivity contribution in [3.63, 3.8) is 0 Å². The van der Waals surface area contributed by atoms with Crippen molar-refractivity contribution >= 4 is 5.96 Å². The summed E-state index contributed by atoms with van der Waals surface area (Å²) in [5, 5.41) is 6.79. The van der Waals surface area contributed by atoms with E-state index in [1.165, 1.54) is 18.4 Å². The molecule has 1 aliphatic carbocycles. The minimum Gasteiger partial charge on any atom is -0.493 e. The van der Waals surface area contributed by atoms with Crippen molar-refractivity contribution in [3.8, 4) is 5.75 Å². The molecule has 1 aromatic rings. The Morgan fingerprint density at radius 2 is 2.00 bits per heavy atom. The van der Waals surface area contributed by atoms with Crippen LogP contribution in [-0.2, 0) is 6.54 Å². The second-order valence-corrected chi connectivity index (χ2v) is 6.46. The van der Waals surface area contributed by atoms with E-state index in [1.807, 2.05) is 18.2 Å². The molecular weight excluding hydrogens is 274 g/mol. The van der Waals surface area contributed by atoms with Gasteiger partial charge < -0.3 is 15.4 Å². The van der Waals surface area contributed by atoms with Gasteiger partial charge in [0.15, 0.2) is 5.96 Å². The third-order valence-electron chi connectivity index (χ3n) is 4.18. The number of nitrogens with zero attached hydrogens (tertiary/aromatic N) is 1. The monoisotopic (exact) mass is 303 g/mol. The summed E-state index contributed by atoms with van der Waals surface area (Å²) in [7, 11) is 1.80. The molecule has 2 N–H and O–H groups in total. The lowest BCUT2D eigenvalue weighted by Gasteiger charge is -2.21. The summed E-state index contributed by atoms with van der Waals surface area (Å²) in [5.41, 5.74) is 1.17. The molecule has 1 fully saturated rings. The van der Waals surface area contributed by atoms with E-state index in [2.05, 4.69) is 42.5 Å². The summed E-state index contributed by atoms with van der Waals surface area (Å²) in [6.45, 7) is 8.13. The van der Waals surface area contributed by atoms with Gasteiger partial charge in [0.2, 0.25) is 0 Å². The number of para-hydroxylation sites is 1. The Bertz CT molecular complexity index is 495. The van der Waals surface area contributed by atoms with Crippen LogP contribution >= 0.6 is 0 Å². The molecule has 1 atom stereocenters. The van der Waals surface area contributed by atoms with E-state index < -0.39 is 0 Å². The zero-order chi connectivity index (χ0) is 15.9. The van der Waals surface area contributed by atoms with Crippen molar-refractivity contribution < 1.29 is 4.74 Å². The molecule has 1 unspecified atom stereocenters. The first-order valence-corrected chi connectivity index (χ1v) is 8.28. The number of nitrogens with one attached hydrogen (secondary N) is 2. The lowest BCUT2D eigenvalue weighted by Crippen LogP contribution is -2.43. The molecular formula is C18H29N3O. The van der Waals surface area contributed by atoms with E-state index in [0.29, 0.717) is 18.5 Å². The van der Waals surface area contributed by atoms with E-state index in [-0.39, 0.29) is 0 Å². The number of aliphatic imine (C=N–C) groups is 1. The van der Waals surface area contributed by atoms with Crippen LogP contribution in [0.4, 0.5) is 0 Å². The van der Waals surface area contributed by atoms with E-state index in [1.54, 1.807) is 7.05 Å². The summed E-state index contributed by atoms with van der Waals surface area (Å²) in [6.07, 6.45) is 2.62. The molecule has 4 heteroatoms. The topological polar surface area (TPSA) is 45.7 Å². The number of hydrogen-bond acceptors (Lipinski definition) is 2. The molecule has 4 nitrogen and oxygen atoms in total. The van der Waals surface area contributed by atoms with Crippen molar-refractivity contribution in [2.24, 2.45) is 16.8 Å². The average molecular weight is 303 g/mol. The normalized spacial score (nSPS) is 16.5. The molecule has 22 heavy (non-hydrogen) atoms. The Hall–Kier alpha value is -1.71. The molecule has 0 radical (unpaired) electrons. The third kappa shape index (κ3) is 5.24. The first-order valence-electron chi connectivity index (χ1n) is 8.28. The lowest BCUT2D eigenvalue weighted by atomic mass is 10.1. The number of hydrogen-bond donors (Lipinski definition) is 2. The summed E-state index contributed by atoms with van der Waals surface area (Å²) in [6, 6.07) is 8.61. The van der Waals surface area contributed by atoms with Gasteiger partial charge in [-0.15, -0.1) is 0 Å². The van der Waals surface area contributed by atoms with Crippen molar-refractivity contribution in [2.45, 2.75) is 46.2 Å². The fourth-order valence-electron chi connectivity index (χ4n) is 2.04. The molecule has 1 aromatic carbocycles. The number of guanidine groups is 1. The van der Waals surface area contributed by atoms with Gasteiger partial charge in [-0.1, -0.05) is 32.0 Å². The maximum atomic E-state index is 5.95. The highest BCUT2D eigenvalue weighted by atomic mass is 16.5. The molecule has 0 amide bonds. The van der Waals surface area contributed by atoms with Gasteiger partial charge in [0.25, 0.3) is 0 Å². The summed E-state index contributed by atoms with van der Waals surface area (Å²) >= 11 is 0. The number of ether oxygens (including phenoxy) is 1. The van der Waals surface area contributed by atoms with E-state index in [0.717, 1.165) is 24.2 Å². The second-order valence-electron chi connectivity index (χ2n) is 6.46. The first-order chi connectivity index (χ1) is 10.6. The molecule has 1 aliphatic rings. The minimum atomic E-state index is 0.382. The lowest BCUT2D eigenvalue weighted by molar-refractivity contribution is 0.296. The Kier molecular flexibility index (Phi) is 6.10. The number of benzene rings is 1. The van der Waals surface area contributed by atoms with E-state index >= 15 is 0 Å². The van der Waals surface area contributed by atoms with Crippen LogP contribution in [0, 0.1) is 11.8 Å². The fourth-order valence-corrected chi connectivity index (χ4v) is 2.04. The van der Waals surface area contributed by atoms with Gasteiger partial charge in [0.1, 0.15) is 5.75 Å². The van der Waals surface area contributed by atoms with Crippen LogP contribution in [0.2, 0.25) is 0 Å². The molecule has 0 heterocycles. The van der Waals surface area contributed by atoms with E-state index in [4.69, 9.17) is 4.74 Å². The number of rotatable bonds is 7. The summed E-state index contributed by atoms with van der Waals surface area (Å²) in [4.78, 5) is 4.29. The zero-order valence-electron chi connectivity index (χ0n) is 14.2. The molecule has 1 saturated carbocycles. The van der Waals surface area contributed by atoms with Gasteiger partial charge in [-0.3, -0.25) is 4.99 Å². The van der Waals surface area contributed by atoms with Crippen LogP contribution in [0.3, 0.4) is 0 Å². The molecule has 0 saturated heterocycles. The fraction of sp³-hybridized carbons (Fsp3) is 0.611. The average Bonchev–Trinajstić information content (AvgIpc) is 3.34. The standard InChI is InChI=1S/C18H29N3O/c1-13(2)14(3)21-18(19-4)20-11-16-7-5-6-8-17(16)22-12-15-9-10-15/h5-8,13-15H,9-12H2,1-4H3,(H2,19,20,21). The van der Waals surface area contributed by atoms with Crippen molar-refractivity contribution in [3.05, 3.63) is 29.8 Å². The second kappa shape index (κ2) is 8.06. The quantitative estimate of drug-likeness (QED) is 0.601. The van der Waals surface area contributed by atoms with Gasteiger partial charge in [0.05, 0.1) is 6.61 Å². The highest BCUT2D eigenvalue weighted by Gasteiger charge is 2.22. The Balaban J connectivity index is 1.89. The maximum Gasteiger partial charge on any atom is 0.191 e. The van der Waals surface area contributed by atoms with Crippen molar-refractivity contribution in [1.82, 2.24) is 10.6 Å². The van der Waals surface area contributed by atoms with Gasteiger partial charge >= 0.3 is 0 Å². The molecule has 0 aliphatic heterocycles. The van der Waals surface area contributed by atoms with Crippen LogP contribution < -0.4 is 15.4 Å². The van der Waals surface area contributed by atoms with Crippen LogP contribution in [0.5, 0.6) is 5.75 Å². The predicted molar refractivity (Wildman–Crippen MR) is 92.3 cm³/mol. The Morgan fingerprint density at radius 3 is 2.64 bits per heavy atom. The van der Waals surface area contributed by atoms with Crippen LogP contribution in [0.25, 0.3) is 0 Å². The molecule has 0 aromatic heterocycles. The highest BCUT2D eigenvalue weighted by molar-refractivity contribution is 5.80. The first kappa shape index (κ1) is 16.7. The third-order valence-corrected chi connectivity index (χ3v) is 4.18. The van der Waals surface area contributed by atoms with Crippen molar-refractivity contribution in [2.75, 3.05) is 13.7 Å². The predicted octanol–water partition coefficient (Wildman–Crippen LogP) is 3.18. The Morgan fingerprint density at radius 1 is 1.27 bits per heavy atom. The smallest absolute Gasteiger partial charge is 0.191 e.